The van der Waals surface area contributed by atoms with Crippen molar-refractivity contribution < 1.29 is 14.1 Å². The molecule has 28 heavy (non-hydrogen) atoms. The van der Waals surface area contributed by atoms with Gasteiger partial charge in [-0.05, 0) is 43.5 Å². The summed E-state index contributed by atoms with van der Waals surface area (Å²) in [5.41, 5.74) is 4.77. The van der Waals surface area contributed by atoms with Gasteiger partial charge in [0.15, 0.2) is 0 Å². The number of aryl methyl sites for hydroxylation is 2. The normalized spacial score (nSPS) is 13.6. The van der Waals surface area contributed by atoms with Crippen LogP contribution in [0.2, 0.25) is 0 Å². The molecule has 0 aromatic carbocycles. The van der Waals surface area contributed by atoms with Crippen molar-refractivity contribution in [2.45, 2.75) is 26.8 Å². The van der Waals surface area contributed by atoms with Gasteiger partial charge in [0.05, 0.1) is 0 Å². The first-order chi connectivity index (χ1) is 13.6. The lowest BCUT2D eigenvalue weighted by Crippen LogP contribution is -2.38. The predicted molar refractivity (Wildman–Crippen MR) is 102 cm³/mol. The van der Waals surface area contributed by atoms with Crippen molar-refractivity contribution in [2.75, 3.05) is 19.8 Å². The third kappa shape index (κ3) is 3.31. The highest BCUT2D eigenvalue weighted by Crippen LogP contribution is 2.31. The molecule has 146 valence electrons. The number of hydrogen-bond acceptors (Lipinski definition) is 6. The van der Waals surface area contributed by atoms with Crippen LogP contribution in [-0.2, 0) is 29.5 Å². The molecule has 4 heterocycles. The van der Waals surface area contributed by atoms with Gasteiger partial charge in [0, 0.05) is 50.4 Å². The highest BCUT2D eigenvalue weighted by atomic mass is 16.5. The van der Waals surface area contributed by atoms with E-state index in [-0.39, 0.29) is 12.5 Å². The van der Waals surface area contributed by atoms with Crippen molar-refractivity contribution >= 4 is 5.91 Å². The highest BCUT2D eigenvalue weighted by Gasteiger charge is 2.26. The van der Waals surface area contributed by atoms with Gasteiger partial charge in [-0.1, -0.05) is 5.16 Å². The van der Waals surface area contributed by atoms with Gasteiger partial charge in [0.2, 0.25) is 11.7 Å². The number of pyridine rings is 1. The maximum absolute atomic E-state index is 12.3. The zero-order valence-electron chi connectivity index (χ0n) is 16.3. The SMILES string of the molecule is CCOCC(=O)N1CCc2c(cnc(C)c2-c2noc(-c3cccn3C)n2)C1. The molecule has 0 fully saturated rings. The van der Waals surface area contributed by atoms with E-state index in [4.69, 9.17) is 9.26 Å². The number of nitrogens with zero attached hydrogens (tertiary/aromatic N) is 5. The Labute approximate surface area is 163 Å². The van der Waals surface area contributed by atoms with E-state index in [0.29, 0.717) is 31.4 Å². The number of aromatic nitrogens is 4. The van der Waals surface area contributed by atoms with Crippen LogP contribution in [0.4, 0.5) is 0 Å². The molecule has 3 aromatic heterocycles. The van der Waals surface area contributed by atoms with E-state index >= 15 is 0 Å². The minimum Gasteiger partial charge on any atom is -0.372 e. The summed E-state index contributed by atoms with van der Waals surface area (Å²) in [7, 11) is 1.93. The lowest BCUT2D eigenvalue weighted by Gasteiger charge is -2.30. The number of fused-ring (bicyclic) bond motifs is 1. The Bertz CT molecular complexity index is 1010. The van der Waals surface area contributed by atoms with Gasteiger partial charge in [-0.25, -0.2) is 0 Å². The van der Waals surface area contributed by atoms with Crippen LogP contribution in [0.25, 0.3) is 23.0 Å². The zero-order chi connectivity index (χ0) is 19.7. The van der Waals surface area contributed by atoms with Crippen LogP contribution in [0, 0.1) is 6.92 Å². The second kappa shape index (κ2) is 7.55. The van der Waals surface area contributed by atoms with Crippen molar-refractivity contribution in [1.29, 1.82) is 0 Å². The number of hydrogen-bond donors (Lipinski definition) is 0. The highest BCUT2D eigenvalue weighted by molar-refractivity contribution is 5.78. The topological polar surface area (TPSA) is 86.3 Å². The standard InChI is InChI=1S/C20H23N5O3/c1-4-27-12-17(26)25-9-7-15-14(11-25)10-21-13(2)18(15)19-22-20(28-23-19)16-6-5-8-24(16)3/h5-6,8,10H,4,7,9,11-12H2,1-3H3. The van der Waals surface area contributed by atoms with E-state index in [1.165, 1.54) is 0 Å². The molecule has 1 aliphatic rings. The monoisotopic (exact) mass is 381 g/mol. The summed E-state index contributed by atoms with van der Waals surface area (Å²) >= 11 is 0. The van der Waals surface area contributed by atoms with E-state index in [1.54, 1.807) is 0 Å². The summed E-state index contributed by atoms with van der Waals surface area (Å²) in [6.45, 7) is 5.63. The Morgan fingerprint density at radius 3 is 3.00 bits per heavy atom. The fourth-order valence-corrected chi connectivity index (χ4v) is 3.55. The molecule has 0 saturated carbocycles. The molecule has 4 rings (SSSR count). The molecule has 3 aromatic rings. The number of carbonyl (C=O) groups is 1. The van der Waals surface area contributed by atoms with Gasteiger partial charge in [-0.15, -0.1) is 0 Å². The van der Waals surface area contributed by atoms with Crippen LogP contribution in [0.15, 0.2) is 29.0 Å². The summed E-state index contributed by atoms with van der Waals surface area (Å²) in [4.78, 5) is 23.2. The van der Waals surface area contributed by atoms with Crippen LogP contribution >= 0.6 is 0 Å². The van der Waals surface area contributed by atoms with Crippen molar-refractivity contribution in [3.63, 3.8) is 0 Å². The van der Waals surface area contributed by atoms with Crippen molar-refractivity contribution in [3.8, 4) is 23.0 Å². The Hall–Kier alpha value is -3.00. The van der Waals surface area contributed by atoms with E-state index in [2.05, 4.69) is 15.1 Å². The third-order valence-electron chi connectivity index (χ3n) is 5.05. The maximum atomic E-state index is 12.3. The lowest BCUT2D eigenvalue weighted by atomic mass is 9.94. The number of ether oxygens (including phenoxy) is 1. The molecule has 0 radical (unpaired) electrons. The quantitative estimate of drug-likeness (QED) is 0.674. The summed E-state index contributed by atoms with van der Waals surface area (Å²) in [6, 6.07) is 3.87. The average Bonchev–Trinajstić information content (AvgIpc) is 3.34. The van der Waals surface area contributed by atoms with Crippen LogP contribution in [0.3, 0.4) is 0 Å². The van der Waals surface area contributed by atoms with Crippen LogP contribution in [0.5, 0.6) is 0 Å². The molecule has 8 nitrogen and oxygen atoms in total. The van der Waals surface area contributed by atoms with Crippen LogP contribution < -0.4 is 0 Å². The zero-order valence-corrected chi connectivity index (χ0v) is 16.3. The Morgan fingerprint density at radius 2 is 2.25 bits per heavy atom. The van der Waals surface area contributed by atoms with E-state index in [1.807, 2.05) is 54.9 Å². The molecular formula is C20H23N5O3. The fourth-order valence-electron chi connectivity index (χ4n) is 3.55. The molecule has 8 heteroatoms. The van der Waals surface area contributed by atoms with Crippen LogP contribution in [0.1, 0.15) is 23.7 Å². The predicted octanol–water partition coefficient (Wildman–Crippen LogP) is 2.37. The van der Waals surface area contributed by atoms with Gasteiger partial charge >= 0.3 is 0 Å². The first kappa shape index (κ1) is 18.4. The Morgan fingerprint density at radius 1 is 1.39 bits per heavy atom. The third-order valence-corrected chi connectivity index (χ3v) is 5.05. The lowest BCUT2D eigenvalue weighted by molar-refractivity contribution is -0.136. The van der Waals surface area contributed by atoms with Gasteiger partial charge in [-0.3, -0.25) is 9.78 Å². The van der Waals surface area contributed by atoms with Crippen molar-refractivity contribution in [1.82, 2.24) is 24.6 Å². The van der Waals surface area contributed by atoms with Crippen LogP contribution in [-0.4, -0.2) is 50.3 Å². The molecule has 0 unspecified atom stereocenters. The van der Waals surface area contributed by atoms with Crippen molar-refractivity contribution in [2.24, 2.45) is 7.05 Å². The van der Waals surface area contributed by atoms with E-state index in [0.717, 1.165) is 34.5 Å². The largest absolute Gasteiger partial charge is 0.372 e. The molecule has 0 bridgehead atoms. The van der Waals surface area contributed by atoms with E-state index < -0.39 is 0 Å². The van der Waals surface area contributed by atoms with Gasteiger partial charge in [0.25, 0.3) is 5.89 Å². The molecule has 0 N–H and O–H groups in total. The smallest absolute Gasteiger partial charge is 0.274 e. The summed E-state index contributed by atoms with van der Waals surface area (Å²) in [5.74, 6) is 1.01. The molecule has 0 spiro atoms. The number of rotatable bonds is 5. The second-order valence-corrected chi connectivity index (χ2v) is 6.85. The minimum atomic E-state index is 0.000167. The summed E-state index contributed by atoms with van der Waals surface area (Å²) in [5, 5.41) is 4.21. The van der Waals surface area contributed by atoms with E-state index in [9.17, 15) is 4.79 Å². The first-order valence-corrected chi connectivity index (χ1v) is 9.37. The molecular weight excluding hydrogens is 358 g/mol. The maximum Gasteiger partial charge on any atom is 0.274 e. The van der Waals surface area contributed by atoms with Gasteiger partial charge < -0.3 is 18.7 Å². The average molecular weight is 381 g/mol. The molecule has 0 atom stereocenters. The van der Waals surface area contributed by atoms with Gasteiger partial charge in [-0.2, -0.15) is 4.98 Å². The minimum absolute atomic E-state index is 0.000167. The Kier molecular flexibility index (Phi) is 4.95. The number of carbonyl (C=O) groups excluding carboxylic acids is 1. The fraction of sp³-hybridized carbons (Fsp3) is 0.400. The van der Waals surface area contributed by atoms with Gasteiger partial charge in [0.1, 0.15) is 12.3 Å². The first-order valence-electron chi connectivity index (χ1n) is 9.37. The number of amides is 1. The molecule has 1 aliphatic heterocycles. The van der Waals surface area contributed by atoms with Crippen molar-refractivity contribution in [3.05, 3.63) is 41.3 Å². The summed E-state index contributed by atoms with van der Waals surface area (Å²) in [6.07, 6.45) is 4.50. The second-order valence-electron chi connectivity index (χ2n) is 6.85. The molecule has 1 amide bonds. The summed E-state index contributed by atoms with van der Waals surface area (Å²) < 4.78 is 12.7. The molecule has 0 saturated heterocycles. The molecule has 0 aliphatic carbocycles. The Balaban J connectivity index is 1.65.